The zero-order valence-electron chi connectivity index (χ0n) is 15.8. The number of benzene rings is 2. The van der Waals surface area contributed by atoms with Crippen LogP contribution in [0, 0.1) is 13.8 Å². The maximum Gasteiger partial charge on any atom is 0.339 e. The fourth-order valence-corrected chi connectivity index (χ4v) is 3.20. The highest BCUT2D eigenvalue weighted by Gasteiger charge is 2.16. The van der Waals surface area contributed by atoms with E-state index in [4.69, 9.17) is 9.15 Å². The van der Waals surface area contributed by atoms with Crippen LogP contribution in [-0.4, -0.2) is 13.0 Å². The molecule has 2 aromatic carbocycles. The molecule has 3 rings (SSSR count). The number of ether oxygens (including phenoxy) is 1. The molecule has 0 saturated carbocycles. The molecule has 0 aliphatic rings. The van der Waals surface area contributed by atoms with Crippen LogP contribution >= 0.6 is 0 Å². The number of carbonyl (C=O) groups is 1. The summed E-state index contributed by atoms with van der Waals surface area (Å²) < 4.78 is 10.8. The van der Waals surface area contributed by atoms with Crippen molar-refractivity contribution in [1.29, 1.82) is 0 Å². The Morgan fingerprint density at radius 2 is 1.81 bits per heavy atom. The summed E-state index contributed by atoms with van der Waals surface area (Å²) >= 11 is 0. The molecule has 0 aliphatic carbocycles. The average Bonchev–Trinajstić information content (AvgIpc) is 2.68. The number of fused-ring (bicyclic) bond motifs is 1. The Hall–Kier alpha value is -3.08. The molecule has 1 heterocycles. The molecule has 140 valence electrons. The topological polar surface area (TPSA) is 68.5 Å². The second-order valence-electron chi connectivity index (χ2n) is 6.52. The molecule has 0 spiro atoms. The second-order valence-corrected chi connectivity index (χ2v) is 6.52. The van der Waals surface area contributed by atoms with E-state index in [9.17, 15) is 9.59 Å². The van der Waals surface area contributed by atoms with Gasteiger partial charge in [-0.3, -0.25) is 4.79 Å². The van der Waals surface area contributed by atoms with Crippen LogP contribution in [0.3, 0.4) is 0 Å². The van der Waals surface area contributed by atoms with E-state index in [1.54, 1.807) is 7.11 Å². The quantitative estimate of drug-likeness (QED) is 0.677. The third-order valence-electron chi connectivity index (χ3n) is 4.81. The Bertz CT molecular complexity index is 1020. The van der Waals surface area contributed by atoms with E-state index in [1.807, 2.05) is 56.3 Å². The van der Waals surface area contributed by atoms with E-state index >= 15 is 0 Å². The first kappa shape index (κ1) is 18.7. The lowest BCUT2D eigenvalue weighted by molar-refractivity contribution is -0.121. The van der Waals surface area contributed by atoms with E-state index in [-0.39, 0.29) is 12.3 Å². The summed E-state index contributed by atoms with van der Waals surface area (Å²) in [7, 11) is 1.58. The summed E-state index contributed by atoms with van der Waals surface area (Å²) in [6, 6.07) is 13.5. The maximum absolute atomic E-state index is 12.5. The summed E-state index contributed by atoms with van der Waals surface area (Å²) in [5.41, 5.74) is 3.37. The Balaban J connectivity index is 1.75. The van der Waals surface area contributed by atoms with E-state index in [2.05, 4.69) is 5.32 Å². The highest BCUT2D eigenvalue weighted by Crippen LogP contribution is 2.29. The predicted molar refractivity (Wildman–Crippen MR) is 105 cm³/mol. The molecule has 0 saturated heterocycles. The minimum atomic E-state index is -0.396. The van der Waals surface area contributed by atoms with Gasteiger partial charge in [-0.25, -0.2) is 4.79 Å². The first-order valence-electron chi connectivity index (χ1n) is 8.91. The van der Waals surface area contributed by atoms with Crippen molar-refractivity contribution in [3.8, 4) is 5.75 Å². The number of rotatable bonds is 6. The second kappa shape index (κ2) is 8.08. The number of hydrogen-bond donors (Lipinski definition) is 1. The van der Waals surface area contributed by atoms with Crippen molar-refractivity contribution in [3.05, 3.63) is 75.1 Å². The largest absolute Gasteiger partial charge is 0.496 e. The monoisotopic (exact) mass is 365 g/mol. The number of methoxy groups -OCH3 is 1. The molecular formula is C22H23NO4. The van der Waals surface area contributed by atoms with Crippen molar-refractivity contribution in [2.24, 2.45) is 0 Å². The molecule has 0 bridgehead atoms. The standard InChI is InChI=1S/C22H23NO4/c1-14-17-9-11-19(26-3)15(2)21(17)27-22(25)18(14)10-12-20(24)23-13-16-7-5-4-6-8-16/h4-9,11H,10,12-13H2,1-3H3,(H,23,24). The van der Waals surface area contributed by atoms with Crippen molar-refractivity contribution in [1.82, 2.24) is 5.32 Å². The van der Waals surface area contributed by atoms with Crippen LogP contribution in [0.15, 0.2) is 51.7 Å². The van der Waals surface area contributed by atoms with Gasteiger partial charge in [0.05, 0.1) is 7.11 Å². The van der Waals surface area contributed by atoms with Crippen molar-refractivity contribution >= 4 is 16.9 Å². The van der Waals surface area contributed by atoms with E-state index in [0.717, 1.165) is 22.1 Å². The molecule has 0 atom stereocenters. The molecule has 0 aliphatic heterocycles. The van der Waals surface area contributed by atoms with Crippen molar-refractivity contribution in [2.75, 3.05) is 7.11 Å². The molecule has 3 aromatic rings. The van der Waals surface area contributed by atoms with Crippen LogP contribution in [0.2, 0.25) is 0 Å². The van der Waals surface area contributed by atoms with E-state index < -0.39 is 5.63 Å². The van der Waals surface area contributed by atoms with Gasteiger partial charge in [0.25, 0.3) is 0 Å². The highest BCUT2D eigenvalue weighted by molar-refractivity contribution is 5.85. The van der Waals surface area contributed by atoms with Crippen LogP contribution in [0.4, 0.5) is 0 Å². The third-order valence-corrected chi connectivity index (χ3v) is 4.81. The fraction of sp³-hybridized carbons (Fsp3) is 0.273. The number of nitrogens with one attached hydrogen (secondary N) is 1. The molecular weight excluding hydrogens is 342 g/mol. The zero-order chi connectivity index (χ0) is 19.4. The number of hydrogen-bond acceptors (Lipinski definition) is 4. The Kier molecular flexibility index (Phi) is 5.60. The summed E-state index contributed by atoms with van der Waals surface area (Å²) in [5.74, 6) is 0.585. The van der Waals surface area contributed by atoms with Crippen LogP contribution in [0.1, 0.15) is 28.7 Å². The first-order chi connectivity index (χ1) is 13.0. The van der Waals surface area contributed by atoms with Gasteiger partial charge in [-0.1, -0.05) is 30.3 Å². The van der Waals surface area contributed by atoms with Gasteiger partial charge in [0.1, 0.15) is 11.3 Å². The average molecular weight is 365 g/mol. The van der Waals surface area contributed by atoms with Gasteiger partial charge in [-0.05, 0) is 43.5 Å². The predicted octanol–water partition coefficient (Wildman–Crippen LogP) is 3.67. The van der Waals surface area contributed by atoms with Crippen molar-refractivity contribution < 1.29 is 13.9 Å². The molecule has 5 nitrogen and oxygen atoms in total. The Morgan fingerprint density at radius 3 is 2.52 bits per heavy atom. The number of aryl methyl sites for hydroxylation is 2. The van der Waals surface area contributed by atoms with E-state index in [0.29, 0.717) is 29.9 Å². The Morgan fingerprint density at radius 1 is 1.07 bits per heavy atom. The van der Waals surface area contributed by atoms with Gasteiger partial charge < -0.3 is 14.5 Å². The fourth-order valence-electron chi connectivity index (χ4n) is 3.20. The van der Waals surface area contributed by atoms with Crippen LogP contribution < -0.4 is 15.7 Å². The van der Waals surface area contributed by atoms with Gasteiger partial charge in [-0.2, -0.15) is 0 Å². The Labute approximate surface area is 158 Å². The highest BCUT2D eigenvalue weighted by atomic mass is 16.5. The summed E-state index contributed by atoms with van der Waals surface area (Å²) in [6.45, 7) is 4.23. The SMILES string of the molecule is COc1ccc2c(C)c(CCC(=O)NCc3ccccc3)c(=O)oc2c1C. The van der Waals surface area contributed by atoms with Crippen LogP contribution in [-0.2, 0) is 17.8 Å². The lowest BCUT2D eigenvalue weighted by Gasteiger charge is -2.11. The van der Waals surface area contributed by atoms with Gasteiger partial charge in [0.2, 0.25) is 5.91 Å². The summed E-state index contributed by atoms with van der Waals surface area (Å²) in [4.78, 5) is 24.6. The summed E-state index contributed by atoms with van der Waals surface area (Å²) in [5, 5.41) is 3.75. The zero-order valence-corrected chi connectivity index (χ0v) is 15.8. The minimum Gasteiger partial charge on any atom is -0.496 e. The molecule has 1 N–H and O–H groups in total. The molecule has 5 heteroatoms. The normalized spacial score (nSPS) is 10.8. The number of amides is 1. The van der Waals surface area contributed by atoms with Crippen LogP contribution in [0.25, 0.3) is 11.0 Å². The van der Waals surface area contributed by atoms with Gasteiger partial charge in [0.15, 0.2) is 0 Å². The lowest BCUT2D eigenvalue weighted by atomic mass is 10.0. The number of carbonyl (C=O) groups excluding carboxylic acids is 1. The third kappa shape index (κ3) is 4.03. The van der Waals surface area contributed by atoms with Gasteiger partial charge >= 0.3 is 5.63 Å². The first-order valence-corrected chi connectivity index (χ1v) is 8.91. The molecule has 27 heavy (non-hydrogen) atoms. The lowest BCUT2D eigenvalue weighted by Crippen LogP contribution is -2.24. The smallest absolute Gasteiger partial charge is 0.339 e. The minimum absolute atomic E-state index is 0.0938. The molecule has 0 fully saturated rings. The maximum atomic E-state index is 12.5. The molecule has 1 amide bonds. The van der Waals surface area contributed by atoms with Crippen molar-refractivity contribution in [3.63, 3.8) is 0 Å². The van der Waals surface area contributed by atoms with Gasteiger partial charge in [0, 0.05) is 29.5 Å². The molecule has 0 unspecified atom stereocenters. The van der Waals surface area contributed by atoms with Crippen molar-refractivity contribution in [2.45, 2.75) is 33.2 Å². The summed E-state index contributed by atoms with van der Waals surface area (Å²) in [6.07, 6.45) is 0.578. The van der Waals surface area contributed by atoms with Crippen LogP contribution in [0.5, 0.6) is 5.75 Å². The van der Waals surface area contributed by atoms with Gasteiger partial charge in [-0.15, -0.1) is 0 Å². The van der Waals surface area contributed by atoms with E-state index in [1.165, 1.54) is 0 Å². The molecule has 0 radical (unpaired) electrons. The molecule has 1 aromatic heterocycles.